The largest absolute Gasteiger partial charge is 0.489 e. The molecule has 0 saturated heterocycles. The van der Waals surface area contributed by atoms with Gasteiger partial charge in [-0.25, -0.2) is 4.39 Å². The van der Waals surface area contributed by atoms with Crippen LogP contribution in [0.2, 0.25) is 0 Å². The fourth-order valence-electron chi connectivity index (χ4n) is 3.98. The Morgan fingerprint density at radius 2 is 1.96 bits per heavy atom. The van der Waals surface area contributed by atoms with Crippen molar-refractivity contribution in [1.29, 1.82) is 0 Å². The molecule has 4 rings (SSSR count). The minimum absolute atomic E-state index is 0.0410. The van der Waals surface area contributed by atoms with Crippen LogP contribution in [0.5, 0.6) is 5.75 Å². The zero-order chi connectivity index (χ0) is 17.6. The highest BCUT2D eigenvalue weighted by Gasteiger charge is 2.45. The molecule has 4 nitrogen and oxygen atoms in total. The molecule has 1 saturated carbocycles. The number of hydrogen-bond acceptors (Lipinski definition) is 3. The summed E-state index contributed by atoms with van der Waals surface area (Å²) >= 11 is 0. The quantitative estimate of drug-likeness (QED) is 0.933. The first-order valence-electron chi connectivity index (χ1n) is 8.50. The molecule has 0 radical (unpaired) electrons. The van der Waals surface area contributed by atoms with Crippen LogP contribution < -0.4 is 4.74 Å². The fourth-order valence-corrected chi connectivity index (χ4v) is 3.98. The predicted octanol–water partition coefficient (Wildman–Crippen LogP) is 3.10. The van der Waals surface area contributed by atoms with Gasteiger partial charge >= 0.3 is 0 Å². The number of fused-ring (bicyclic) bond motifs is 4. The van der Waals surface area contributed by atoms with Gasteiger partial charge in [0, 0.05) is 24.6 Å². The van der Waals surface area contributed by atoms with E-state index in [-0.39, 0.29) is 23.4 Å². The van der Waals surface area contributed by atoms with Crippen molar-refractivity contribution in [3.05, 3.63) is 65.0 Å². The summed E-state index contributed by atoms with van der Waals surface area (Å²) < 4.78 is 20.4. The Labute approximate surface area is 145 Å². The number of carbonyl (C=O) groups is 1. The SMILES string of the molecule is CN1C(=O)c2c(F)ccc(OCc3ccccc3)c2C2CC1CC2O. The van der Waals surface area contributed by atoms with E-state index in [1.165, 1.54) is 6.07 Å². The Morgan fingerprint density at radius 1 is 1.20 bits per heavy atom. The maximum Gasteiger partial charge on any atom is 0.257 e. The minimum atomic E-state index is -0.597. The van der Waals surface area contributed by atoms with Crippen molar-refractivity contribution in [1.82, 2.24) is 4.90 Å². The van der Waals surface area contributed by atoms with Gasteiger partial charge in [-0.15, -0.1) is 0 Å². The number of amides is 1. The number of hydrogen-bond donors (Lipinski definition) is 1. The van der Waals surface area contributed by atoms with Crippen molar-refractivity contribution in [2.75, 3.05) is 7.05 Å². The standard InChI is InChI=1S/C20H20FNO3/c1-22-13-9-14(16(23)10-13)18-17(8-7-15(21)19(18)20(22)24)25-11-12-5-3-2-4-6-12/h2-8,13-14,16,23H,9-11H2,1H3. The van der Waals surface area contributed by atoms with Crippen LogP contribution in [-0.2, 0) is 6.61 Å². The van der Waals surface area contributed by atoms with E-state index in [4.69, 9.17) is 4.74 Å². The first-order valence-corrected chi connectivity index (χ1v) is 8.50. The summed E-state index contributed by atoms with van der Waals surface area (Å²) in [4.78, 5) is 14.3. The molecule has 2 aromatic rings. The molecule has 2 aromatic carbocycles. The Morgan fingerprint density at radius 3 is 2.72 bits per heavy atom. The Kier molecular flexibility index (Phi) is 3.96. The Hall–Kier alpha value is -2.40. The van der Waals surface area contributed by atoms with Gasteiger partial charge < -0.3 is 14.7 Å². The van der Waals surface area contributed by atoms with E-state index in [2.05, 4.69) is 0 Å². The summed E-state index contributed by atoms with van der Waals surface area (Å²) in [6.45, 7) is 0.329. The molecule has 0 aromatic heterocycles. The third kappa shape index (κ3) is 2.68. The maximum atomic E-state index is 14.5. The van der Waals surface area contributed by atoms with Gasteiger partial charge in [0.2, 0.25) is 0 Å². The average Bonchev–Trinajstić information content (AvgIpc) is 2.96. The lowest BCUT2D eigenvalue weighted by molar-refractivity contribution is 0.0709. The van der Waals surface area contributed by atoms with Crippen molar-refractivity contribution in [3.63, 3.8) is 0 Å². The van der Waals surface area contributed by atoms with Crippen LogP contribution in [0.4, 0.5) is 4.39 Å². The highest BCUT2D eigenvalue weighted by Crippen LogP contribution is 2.46. The first kappa shape index (κ1) is 16.1. The highest BCUT2D eigenvalue weighted by molar-refractivity contribution is 5.97. The molecular formula is C20H20FNO3. The summed E-state index contributed by atoms with van der Waals surface area (Å²) in [7, 11) is 1.67. The number of carbonyl (C=O) groups excluding carboxylic acids is 1. The van der Waals surface area contributed by atoms with Crippen LogP contribution in [0, 0.1) is 5.82 Å². The molecule has 2 bridgehead atoms. The zero-order valence-electron chi connectivity index (χ0n) is 14.0. The van der Waals surface area contributed by atoms with Crippen molar-refractivity contribution >= 4 is 5.91 Å². The van der Waals surface area contributed by atoms with E-state index in [1.54, 1.807) is 18.0 Å². The second-order valence-corrected chi connectivity index (χ2v) is 6.82. The van der Waals surface area contributed by atoms with Crippen LogP contribution in [-0.4, -0.2) is 35.1 Å². The van der Waals surface area contributed by atoms with E-state index in [1.807, 2.05) is 30.3 Å². The van der Waals surface area contributed by atoms with E-state index in [9.17, 15) is 14.3 Å². The van der Waals surface area contributed by atoms with Crippen molar-refractivity contribution in [2.24, 2.45) is 0 Å². The van der Waals surface area contributed by atoms with Gasteiger partial charge in [0.15, 0.2) is 0 Å². The van der Waals surface area contributed by atoms with Gasteiger partial charge in [-0.1, -0.05) is 30.3 Å². The lowest BCUT2D eigenvalue weighted by atomic mass is 9.90. The van der Waals surface area contributed by atoms with E-state index in [0.717, 1.165) is 5.56 Å². The minimum Gasteiger partial charge on any atom is -0.489 e. The third-order valence-electron chi connectivity index (χ3n) is 5.35. The van der Waals surface area contributed by atoms with Gasteiger partial charge in [-0.05, 0) is 30.5 Å². The van der Waals surface area contributed by atoms with Gasteiger partial charge in [-0.2, -0.15) is 0 Å². The number of benzene rings is 2. The van der Waals surface area contributed by atoms with Crippen molar-refractivity contribution in [2.45, 2.75) is 37.5 Å². The molecule has 130 valence electrons. The Balaban J connectivity index is 1.76. The maximum absolute atomic E-state index is 14.5. The highest BCUT2D eigenvalue weighted by atomic mass is 19.1. The van der Waals surface area contributed by atoms with Crippen LogP contribution in [0.25, 0.3) is 0 Å². The molecule has 5 heteroatoms. The lowest BCUT2D eigenvalue weighted by Crippen LogP contribution is -2.36. The van der Waals surface area contributed by atoms with Gasteiger partial charge in [-0.3, -0.25) is 4.79 Å². The van der Waals surface area contributed by atoms with E-state index in [0.29, 0.717) is 30.8 Å². The zero-order valence-corrected chi connectivity index (χ0v) is 14.0. The predicted molar refractivity (Wildman–Crippen MR) is 91.0 cm³/mol. The number of rotatable bonds is 3. The van der Waals surface area contributed by atoms with Gasteiger partial charge in [0.1, 0.15) is 18.2 Å². The molecule has 2 aliphatic rings. The summed E-state index contributed by atoms with van der Waals surface area (Å²) in [5.41, 5.74) is 1.54. The summed E-state index contributed by atoms with van der Waals surface area (Å²) in [6, 6.07) is 12.4. The van der Waals surface area contributed by atoms with Gasteiger partial charge in [0.25, 0.3) is 5.91 Å². The molecule has 1 N–H and O–H groups in total. The number of nitrogens with zero attached hydrogens (tertiary/aromatic N) is 1. The third-order valence-corrected chi connectivity index (χ3v) is 5.35. The summed E-state index contributed by atoms with van der Waals surface area (Å²) in [5.74, 6) is -0.695. The number of aliphatic hydroxyl groups is 1. The molecule has 1 fully saturated rings. The molecule has 1 aliphatic heterocycles. The second-order valence-electron chi connectivity index (χ2n) is 6.82. The molecule has 1 aliphatic carbocycles. The number of halogens is 1. The first-order chi connectivity index (χ1) is 12.1. The topological polar surface area (TPSA) is 49.8 Å². The second kappa shape index (κ2) is 6.15. The van der Waals surface area contributed by atoms with Crippen LogP contribution in [0.15, 0.2) is 42.5 Å². The molecule has 0 spiro atoms. The van der Waals surface area contributed by atoms with Crippen molar-refractivity contribution in [3.8, 4) is 5.75 Å². The summed E-state index contributed by atoms with van der Waals surface area (Å²) in [6.07, 6.45) is 0.544. The fraction of sp³-hybridized carbons (Fsp3) is 0.350. The van der Waals surface area contributed by atoms with Crippen LogP contribution in [0.3, 0.4) is 0 Å². The Bertz CT molecular complexity index is 808. The van der Waals surface area contributed by atoms with Gasteiger partial charge in [0.05, 0.1) is 11.7 Å². The molecular weight excluding hydrogens is 321 g/mol. The number of ether oxygens (including phenoxy) is 1. The van der Waals surface area contributed by atoms with Crippen LogP contribution in [0.1, 0.15) is 40.2 Å². The molecule has 1 heterocycles. The smallest absolute Gasteiger partial charge is 0.257 e. The van der Waals surface area contributed by atoms with Crippen molar-refractivity contribution < 1.29 is 19.0 Å². The van der Waals surface area contributed by atoms with Crippen LogP contribution >= 0.6 is 0 Å². The number of aliphatic hydroxyl groups excluding tert-OH is 1. The normalized spacial score (nSPS) is 24.8. The van der Waals surface area contributed by atoms with E-state index < -0.39 is 11.9 Å². The monoisotopic (exact) mass is 341 g/mol. The molecule has 1 amide bonds. The molecule has 3 unspecified atom stereocenters. The lowest BCUT2D eigenvalue weighted by Gasteiger charge is -2.26. The summed E-state index contributed by atoms with van der Waals surface area (Å²) in [5, 5.41) is 10.5. The van der Waals surface area contributed by atoms with E-state index >= 15 is 0 Å². The molecule has 25 heavy (non-hydrogen) atoms. The average molecular weight is 341 g/mol. The molecule has 3 atom stereocenters.